The van der Waals surface area contributed by atoms with Crippen LogP contribution in [0.25, 0.3) is 77.2 Å². The molecule has 2 nitrogen and oxygen atoms in total. The molecule has 0 aliphatic rings. The van der Waals surface area contributed by atoms with Crippen molar-refractivity contribution in [3.8, 4) is 33.6 Å². The first-order valence-corrected chi connectivity index (χ1v) is 23.8. The first-order chi connectivity index (χ1) is 31.3. The molecule has 0 amide bonds. The molecule has 2 aromatic heterocycles. The van der Waals surface area contributed by atoms with Gasteiger partial charge in [-0.1, -0.05) is 212 Å². The van der Waals surface area contributed by atoms with Crippen molar-refractivity contribution < 1.29 is 0 Å². The average Bonchev–Trinajstić information content (AvgIpc) is 3.88. The van der Waals surface area contributed by atoms with Gasteiger partial charge in [0.05, 0.1) is 22.1 Å². The summed E-state index contributed by atoms with van der Waals surface area (Å²) in [4.78, 5) is 0. The van der Waals surface area contributed by atoms with Crippen LogP contribution in [0.3, 0.4) is 0 Å². The molecule has 0 radical (unpaired) electrons. The molecular formula is C60H42N2Si. The first kappa shape index (κ1) is 36.8. The molecule has 0 atom stereocenters. The van der Waals surface area contributed by atoms with Crippen molar-refractivity contribution in [2.24, 2.45) is 0 Å². The predicted molar refractivity (Wildman–Crippen MR) is 270 cm³/mol. The number of benzene rings is 10. The second kappa shape index (κ2) is 15.2. The first-order valence-electron chi connectivity index (χ1n) is 21.8. The quantitative estimate of drug-likeness (QED) is 0.107. The Labute approximate surface area is 368 Å². The fourth-order valence-electron chi connectivity index (χ4n) is 10.3. The van der Waals surface area contributed by atoms with E-state index in [-0.39, 0.29) is 0 Å². The van der Waals surface area contributed by atoms with E-state index in [0.29, 0.717) is 0 Å². The highest BCUT2D eigenvalue weighted by molar-refractivity contribution is 7.20. The lowest BCUT2D eigenvalue weighted by molar-refractivity contribution is 1.16. The Morgan fingerprint density at radius 1 is 0.254 bits per heavy atom. The molecule has 3 heteroatoms. The highest BCUT2D eigenvalue weighted by atomic mass is 28.3. The summed E-state index contributed by atoms with van der Waals surface area (Å²) in [6, 6.07) is 94.5. The van der Waals surface area contributed by atoms with Crippen LogP contribution in [-0.2, 0) is 0 Å². The minimum Gasteiger partial charge on any atom is -0.309 e. The average molecular weight is 819 g/mol. The molecule has 0 bridgehead atoms. The molecule has 63 heavy (non-hydrogen) atoms. The van der Waals surface area contributed by atoms with Gasteiger partial charge in [0.1, 0.15) is 0 Å². The van der Waals surface area contributed by atoms with Gasteiger partial charge < -0.3 is 9.13 Å². The Balaban J connectivity index is 1.23. The van der Waals surface area contributed by atoms with E-state index in [2.05, 4.69) is 264 Å². The lowest BCUT2D eigenvalue weighted by Gasteiger charge is -2.35. The maximum atomic E-state index is 2.58. The lowest BCUT2D eigenvalue weighted by Crippen LogP contribution is -2.75. The zero-order valence-electron chi connectivity index (χ0n) is 34.6. The summed E-state index contributed by atoms with van der Waals surface area (Å²) in [5.74, 6) is 0. The zero-order chi connectivity index (χ0) is 41.7. The Morgan fingerprint density at radius 3 is 1.29 bits per heavy atom. The van der Waals surface area contributed by atoms with E-state index < -0.39 is 8.07 Å². The van der Waals surface area contributed by atoms with Gasteiger partial charge in [-0.2, -0.15) is 0 Å². The number of fused-ring (bicyclic) bond motifs is 6. The van der Waals surface area contributed by atoms with E-state index in [4.69, 9.17) is 0 Å². The second-order valence-electron chi connectivity index (χ2n) is 16.5. The van der Waals surface area contributed by atoms with E-state index in [9.17, 15) is 0 Å². The lowest BCUT2D eigenvalue weighted by atomic mass is 10.0. The van der Waals surface area contributed by atoms with Crippen molar-refractivity contribution in [2.75, 3.05) is 0 Å². The van der Waals surface area contributed by atoms with Gasteiger partial charge in [0.25, 0.3) is 0 Å². The third kappa shape index (κ3) is 5.93. The molecule has 0 unspecified atom stereocenters. The maximum Gasteiger partial charge on any atom is 0.181 e. The van der Waals surface area contributed by atoms with Crippen LogP contribution in [0.2, 0.25) is 0 Å². The van der Waals surface area contributed by atoms with Crippen molar-refractivity contribution in [1.29, 1.82) is 0 Å². The standard InChI is InChI=1S/C60H42N2Si/c1-6-21-43(22-7-1)45-25-20-26-47(39-45)61-56-35-18-16-33-52(56)54-38-37-48(42-58(54)61)62-57-36-19-17-34-53(57)55-40-46(44-23-8-2-9-24-44)41-59(60(55)62)63(49-27-10-3-11-28-49,50-29-12-4-13-30-50)51-31-14-5-15-32-51/h1-42H. The van der Waals surface area contributed by atoms with Crippen LogP contribution in [0, 0.1) is 0 Å². The molecule has 2 heterocycles. The molecule has 0 saturated heterocycles. The summed E-state index contributed by atoms with van der Waals surface area (Å²) in [6.45, 7) is 0. The van der Waals surface area contributed by atoms with Crippen molar-refractivity contribution in [3.05, 3.63) is 255 Å². The molecule has 0 spiro atoms. The van der Waals surface area contributed by atoms with E-state index in [1.165, 1.54) is 86.6 Å². The van der Waals surface area contributed by atoms with Gasteiger partial charge in [-0.05, 0) is 85.5 Å². The zero-order valence-corrected chi connectivity index (χ0v) is 35.6. The number of nitrogens with zero attached hydrogens (tertiary/aromatic N) is 2. The van der Waals surface area contributed by atoms with E-state index in [1.54, 1.807) is 0 Å². The van der Waals surface area contributed by atoms with Gasteiger partial charge in [-0.3, -0.25) is 0 Å². The predicted octanol–water partition coefficient (Wildman–Crippen LogP) is 12.6. The minimum absolute atomic E-state index is 1.13. The largest absolute Gasteiger partial charge is 0.309 e. The summed E-state index contributed by atoms with van der Waals surface area (Å²) in [6.07, 6.45) is 0. The third-order valence-electron chi connectivity index (χ3n) is 13.0. The summed E-state index contributed by atoms with van der Waals surface area (Å²) in [7, 11) is -3.06. The number of aromatic nitrogens is 2. The second-order valence-corrected chi connectivity index (χ2v) is 20.2. The molecule has 0 aliphatic carbocycles. The van der Waals surface area contributed by atoms with Crippen LogP contribution < -0.4 is 20.7 Å². The molecule has 0 aliphatic heterocycles. The van der Waals surface area contributed by atoms with Crippen LogP contribution >= 0.6 is 0 Å². The molecule has 0 fully saturated rings. The summed E-state index contributed by atoms with van der Waals surface area (Å²) in [5.41, 5.74) is 11.9. The SMILES string of the molecule is c1ccc(-c2cccc(-n3c4ccccc4c4ccc(-n5c6ccccc6c6cc(-c7ccccc7)cc([Si](c7ccccc7)(c7ccccc7)c7ccccc7)c65)cc43)c2)cc1. The van der Waals surface area contributed by atoms with Gasteiger partial charge in [-0.15, -0.1) is 0 Å². The molecule has 10 aromatic carbocycles. The molecule has 0 saturated carbocycles. The minimum atomic E-state index is -3.06. The molecule has 12 rings (SSSR count). The van der Waals surface area contributed by atoms with Gasteiger partial charge in [-0.25, -0.2) is 0 Å². The van der Waals surface area contributed by atoms with Crippen LogP contribution in [0.15, 0.2) is 255 Å². The Hall–Kier alpha value is -7.98. The van der Waals surface area contributed by atoms with Gasteiger partial charge in [0, 0.05) is 32.9 Å². The highest BCUT2D eigenvalue weighted by Crippen LogP contribution is 2.39. The normalized spacial score (nSPS) is 11.8. The van der Waals surface area contributed by atoms with Gasteiger partial charge in [0.15, 0.2) is 8.07 Å². The Morgan fingerprint density at radius 2 is 0.698 bits per heavy atom. The van der Waals surface area contributed by atoms with Crippen molar-refractivity contribution in [2.45, 2.75) is 0 Å². The summed E-state index contributed by atoms with van der Waals surface area (Å²) >= 11 is 0. The maximum absolute atomic E-state index is 3.06. The third-order valence-corrected chi connectivity index (χ3v) is 17.8. The summed E-state index contributed by atoms with van der Waals surface area (Å²) in [5, 5.41) is 10.3. The molecule has 296 valence electrons. The monoisotopic (exact) mass is 818 g/mol. The highest BCUT2D eigenvalue weighted by Gasteiger charge is 2.44. The summed E-state index contributed by atoms with van der Waals surface area (Å²) < 4.78 is 5.03. The number of para-hydroxylation sites is 2. The Bertz CT molecular complexity index is 3500. The van der Waals surface area contributed by atoms with E-state index in [1.807, 2.05) is 0 Å². The van der Waals surface area contributed by atoms with Gasteiger partial charge >= 0.3 is 0 Å². The number of hydrogen-bond donors (Lipinski definition) is 0. The fourth-order valence-corrected chi connectivity index (χ4v) is 15.3. The van der Waals surface area contributed by atoms with Gasteiger partial charge in [0.2, 0.25) is 0 Å². The van der Waals surface area contributed by atoms with Crippen LogP contribution in [0.1, 0.15) is 0 Å². The van der Waals surface area contributed by atoms with Crippen LogP contribution in [0.4, 0.5) is 0 Å². The van der Waals surface area contributed by atoms with E-state index >= 15 is 0 Å². The van der Waals surface area contributed by atoms with Crippen LogP contribution in [0.5, 0.6) is 0 Å². The van der Waals surface area contributed by atoms with Crippen molar-refractivity contribution >= 4 is 72.4 Å². The topological polar surface area (TPSA) is 9.86 Å². The number of rotatable bonds is 8. The van der Waals surface area contributed by atoms with Crippen molar-refractivity contribution in [3.63, 3.8) is 0 Å². The molecule has 0 N–H and O–H groups in total. The molecular weight excluding hydrogens is 777 g/mol. The number of hydrogen-bond acceptors (Lipinski definition) is 0. The molecule has 12 aromatic rings. The van der Waals surface area contributed by atoms with Crippen LogP contribution in [-0.4, -0.2) is 17.2 Å². The Kier molecular flexibility index (Phi) is 8.87. The fraction of sp³-hybridized carbons (Fsp3) is 0. The van der Waals surface area contributed by atoms with Crippen molar-refractivity contribution in [1.82, 2.24) is 9.13 Å². The smallest absolute Gasteiger partial charge is 0.181 e. The van der Waals surface area contributed by atoms with E-state index in [0.717, 1.165) is 11.4 Å².